The molecule has 0 saturated heterocycles. The van der Waals surface area contributed by atoms with Gasteiger partial charge in [-0.2, -0.15) is 0 Å². The molecule has 2 aromatic carbocycles. The number of esters is 1. The van der Waals surface area contributed by atoms with Crippen molar-refractivity contribution in [3.8, 4) is 0 Å². The van der Waals surface area contributed by atoms with Gasteiger partial charge in [-0.3, -0.25) is 0 Å². The van der Waals surface area contributed by atoms with Gasteiger partial charge in [-0.15, -0.1) is 0 Å². The number of aromatic amines is 1. The first-order valence-corrected chi connectivity index (χ1v) is 9.18. The highest BCUT2D eigenvalue weighted by Gasteiger charge is 2.21. The lowest BCUT2D eigenvalue weighted by Gasteiger charge is -2.13. The lowest BCUT2D eigenvalue weighted by Crippen LogP contribution is -3.05. The maximum absolute atomic E-state index is 12.4. The predicted molar refractivity (Wildman–Crippen MR) is 105 cm³/mol. The first kappa shape index (κ1) is 18.1. The van der Waals surface area contributed by atoms with Crippen LogP contribution in [-0.2, 0) is 4.74 Å². The van der Waals surface area contributed by atoms with Gasteiger partial charge < -0.3 is 15.0 Å². The minimum atomic E-state index is -0.306. The van der Waals surface area contributed by atoms with Crippen LogP contribution in [0, 0.1) is 0 Å². The van der Waals surface area contributed by atoms with Crippen molar-refractivity contribution in [1.82, 2.24) is 0 Å². The molecular formula is C21H27N3O2+2. The van der Waals surface area contributed by atoms with Crippen molar-refractivity contribution in [2.75, 3.05) is 39.1 Å². The van der Waals surface area contributed by atoms with Crippen LogP contribution in [0.4, 0.5) is 5.69 Å². The van der Waals surface area contributed by atoms with E-state index in [-0.39, 0.29) is 5.97 Å². The molecule has 1 aromatic heterocycles. The standard InChI is InChI=1S/C21H25N3O2/c1-4-26-21(25)18-14-23-19-16-9-6-5-8-15(16)10-11-17(19)20(18)22-12-7-13-24(2)3/h5-6,8-11,14H,4,7,12-13H2,1-3H3,(H,22,23)/p+2. The van der Waals surface area contributed by atoms with Crippen molar-refractivity contribution in [3.05, 3.63) is 48.2 Å². The molecule has 0 fully saturated rings. The van der Waals surface area contributed by atoms with Gasteiger partial charge in [0.15, 0.2) is 6.20 Å². The minimum absolute atomic E-state index is 0.306. The SMILES string of the molecule is CCOC(=O)c1c[nH+]c2c(ccc3ccccc32)c1NCCC[NH+](C)C. The van der Waals surface area contributed by atoms with E-state index < -0.39 is 0 Å². The normalized spacial score (nSPS) is 11.2. The average molecular weight is 353 g/mol. The smallest absolute Gasteiger partial charge is 0.346 e. The number of quaternary nitrogens is 1. The van der Waals surface area contributed by atoms with Gasteiger partial charge in [-0.1, -0.05) is 24.3 Å². The average Bonchev–Trinajstić information content (AvgIpc) is 2.64. The molecule has 136 valence electrons. The van der Waals surface area contributed by atoms with Crippen LogP contribution in [0.15, 0.2) is 42.6 Å². The fourth-order valence-corrected chi connectivity index (χ4v) is 3.21. The third-order valence-corrected chi connectivity index (χ3v) is 4.48. The van der Waals surface area contributed by atoms with E-state index in [1.165, 1.54) is 10.3 Å². The maximum atomic E-state index is 12.4. The van der Waals surface area contributed by atoms with Crippen LogP contribution in [-0.4, -0.2) is 39.8 Å². The summed E-state index contributed by atoms with van der Waals surface area (Å²) in [5, 5.41) is 6.80. The van der Waals surface area contributed by atoms with Crippen LogP contribution < -0.4 is 15.2 Å². The maximum Gasteiger partial charge on any atom is 0.346 e. The summed E-state index contributed by atoms with van der Waals surface area (Å²) in [5.74, 6) is -0.306. The molecule has 0 bridgehead atoms. The lowest BCUT2D eigenvalue weighted by molar-refractivity contribution is -0.858. The Balaban J connectivity index is 2.06. The fourth-order valence-electron chi connectivity index (χ4n) is 3.21. The van der Waals surface area contributed by atoms with Gasteiger partial charge in [0.05, 0.1) is 43.7 Å². The summed E-state index contributed by atoms with van der Waals surface area (Å²) < 4.78 is 5.25. The Morgan fingerprint density at radius 2 is 1.96 bits per heavy atom. The predicted octanol–water partition coefficient (Wildman–Crippen LogP) is 1.93. The monoisotopic (exact) mass is 353 g/mol. The number of H-pyrrole nitrogens is 1. The zero-order valence-electron chi connectivity index (χ0n) is 15.7. The van der Waals surface area contributed by atoms with Crippen molar-refractivity contribution < 1.29 is 19.4 Å². The number of rotatable bonds is 7. The molecule has 3 rings (SSSR count). The van der Waals surface area contributed by atoms with Crippen molar-refractivity contribution in [3.63, 3.8) is 0 Å². The van der Waals surface area contributed by atoms with E-state index in [4.69, 9.17) is 4.74 Å². The number of nitrogens with one attached hydrogen (secondary N) is 3. The van der Waals surface area contributed by atoms with Crippen LogP contribution in [0.5, 0.6) is 0 Å². The van der Waals surface area contributed by atoms with Gasteiger partial charge >= 0.3 is 5.97 Å². The number of anilines is 1. The van der Waals surface area contributed by atoms with E-state index in [1.54, 1.807) is 6.20 Å². The Morgan fingerprint density at radius 3 is 2.73 bits per heavy atom. The van der Waals surface area contributed by atoms with Crippen molar-refractivity contribution in [2.45, 2.75) is 13.3 Å². The van der Waals surface area contributed by atoms with E-state index in [9.17, 15) is 4.79 Å². The zero-order valence-corrected chi connectivity index (χ0v) is 15.7. The number of benzene rings is 2. The molecule has 5 heteroatoms. The number of aromatic nitrogens is 1. The molecule has 0 amide bonds. The largest absolute Gasteiger partial charge is 0.462 e. The highest BCUT2D eigenvalue weighted by atomic mass is 16.5. The molecular weight excluding hydrogens is 326 g/mol. The molecule has 0 atom stereocenters. The van der Waals surface area contributed by atoms with Gasteiger partial charge in [0.25, 0.3) is 0 Å². The Kier molecular flexibility index (Phi) is 5.68. The second-order valence-corrected chi connectivity index (χ2v) is 6.74. The first-order chi connectivity index (χ1) is 12.6. The molecule has 26 heavy (non-hydrogen) atoms. The second kappa shape index (κ2) is 8.15. The molecule has 0 radical (unpaired) electrons. The summed E-state index contributed by atoms with van der Waals surface area (Å²) >= 11 is 0. The highest BCUT2D eigenvalue weighted by Crippen LogP contribution is 2.30. The summed E-state index contributed by atoms with van der Waals surface area (Å²) in [7, 11) is 4.28. The molecule has 0 aliphatic heterocycles. The summed E-state index contributed by atoms with van der Waals surface area (Å²) in [6.45, 7) is 4.06. The minimum Gasteiger partial charge on any atom is -0.462 e. The van der Waals surface area contributed by atoms with E-state index in [2.05, 4.69) is 48.7 Å². The molecule has 5 nitrogen and oxygen atoms in total. The summed E-state index contributed by atoms with van der Waals surface area (Å²) in [5.41, 5.74) is 2.42. The van der Waals surface area contributed by atoms with E-state index in [1.807, 2.05) is 19.1 Å². The first-order valence-electron chi connectivity index (χ1n) is 9.18. The van der Waals surface area contributed by atoms with Gasteiger partial charge in [0, 0.05) is 13.0 Å². The number of carbonyl (C=O) groups excluding carboxylic acids is 1. The number of pyridine rings is 1. The molecule has 3 N–H and O–H groups in total. The number of ether oxygens (including phenoxy) is 1. The highest BCUT2D eigenvalue weighted by molar-refractivity contribution is 6.11. The molecule has 0 spiro atoms. The molecule has 0 saturated carbocycles. The van der Waals surface area contributed by atoms with Gasteiger partial charge in [0.2, 0.25) is 5.52 Å². The topological polar surface area (TPSA) is 56.9 Å². The quantitative estimate of drug-likeness (QED) is 0.388. The molecule has 0 unspecified atom stereocenters. The van der Waals surface area contributed by atoms with Crippen LogP contribution in [0.1, 0.15) is 23.7 Å². The summed E-state index contributed by atoms with van der Waals surface area (Å²) in [6, 6.07) is 12.4. The van der Waals surface area contributed by atoms with Gasteiger partial charge in [0.1, 0.15) is 5.56 Å². The third-order valence-electron chi connectivity index (χ3n) is 4.48. The number of fused-ring (bicyclic) bond motifs is 3. The molecule has 3 aromatic rings. The van der Waals surface area contributed by atoms with Crippen LogP contribution in [0.25, 0.3) is 21.7 Å². The number of hydrogen-bond acceptors (Lipinski definition) is 3. The Morgan fingerprint density at radius 1 is 1.15 bits per heavy atom. The fraction of sp³-hybridized carbons (Fsp3) is 0.333. The number of carbonyl (C=O) groups is 1. The Labute approximate surface area is 154 Å². The third kappa shape index (κ3) is 3.78. The van der Waals surface area contributed by atoms with Crippen LogP contribution in [0.3, 0.4) is 0 Å². The van der Waals surface area contributed by atoms with E-state index >= 15 is 0 Å². The van der Waals surface area contributed by atoms with Gasteiger partial charge in [-0.25, -0.2) is 9.78 Å². The Bertz CT molecular complexity index is 922. The van der Waals surface area contributed by atoms with Crippen molar-refractivity contribution >= 4 is 33.3 Å². The second-order valence-electron chi connectivity index (χ2n) is 6.74. The van der Waals surface area contributed by atoms with Crippen molar-refractivity contribution in [2.24, 2.45) is 0 Å². The van der Waals surface area contributed by atoms with Crippen LogP contribution >= 0.6 is 0 Å². The van der Waals surface area contributed by atoms with E-state index in [0.29, 0.717) is 12.2 Å². The molecule has 0 aliphatic rings. The zero-order chi connectivity index (χ0) is 18.5. The van der Waals surface area contributed by atoms with E-state index in [0.717, 1.165) is 41.5 Å². The lowest BCUT2D eigenvalue weighted by atomic mass is 10.0. The summed E-state index contributed by atoms with van der Waals surface area (Å²) in [6.07, 6.45) is 2.78. The number of hydrogen-bond donors (Lipinski definition) is 2. The van der Waals surface area contributed by atoms with Crippen molar-refractivity contribution in [1.29, 1.82) is 0 Å². The molecule has 1 heterocycles. The molecule has 0 aliphatic carbocycles. The summed E-state index contributed by atoms with van der Waals surface area (Å²) in [4.78, 5) is 17.1. The Hall–Kier alpha value is -2.66. The van der Waals surface area contributed by atoms with Crippen LogP contribution in [0.2, 0.25) is 0 Å². The van der Waals surface area contributed by atoms with Gasteiger partial charge in [-0.05, 0) is 24.4 Å².